The average molecular weight is 367 g/mol. The number of unbranched alkanes of at least 4 members (excludes halogenated alkanes) is 1. The lowest BCUT2D eigenvalue weighted by atomic mass is 10.1. The third kappa shape index (κ3) is 4.98. The Morgan fingerprint density at radius 3 is 2.42 bits per heavy atom. The average Bonchev–Trinajstić information content (AvgIpc) is 2.58. The van der Waals surface area contributed by atoms with Crippen molar-refractivity contribution in [3.63, 3.8) is 0 Å². The molecule has 0 bridgehead atoms. The quantitative estimate of drug-likeness (QED) is 0.402. The van der Waals surface area contributed by atoms with E-state index >= 15 is 0 Å². The number of carbonyl (C=O) groups excluding carboxylic acids is 2. The summed E-state index contributed by atoms with van der Waals surface area (Å²) < 4.78 is 10.4. The molecule has 6 heteroatoms. The van der Waals surface area contributed by atoms with Gasteiger partial charge in [0.05, 0.1) is 22.8 Å². The minimum absolute atomic E-state index is 0.157. The highest BCUT2D eigenvalue weighted by Crippen LogP contribution is 2.28. The van der Waals surface area contributed by atoms with Crippen LogP contribution in [0.15, 0.2) is 42.5 Å². The summed E-state index contributed by atoms with van der Waals surface area (Å²) in [5, 5.41) is 0.665. The number of carbonyl (C=O) groups is 2. The van der Waals surface area contributed by atoms with Gasteiger partial charge in [0.1, 0.15) is 0 Å². The van der Waals surface area contributed by atoms with E-state index in [1.807, 2.05) is 6.92 Å². The zero-order valence-corrected chi connectivity index (χ0v) is 14.6. The molecule has 0 saturated carbocycles. The van der Waals surface area contributed by atoms with Gasteiger partial charge in [0.15, 0.2) is 5.75 Å². The van der Waals surface area contributed by atoms with Crippen molar-refractivity contribution in [2.75, 3.05) is 6.61 Å². The molecule has 0 aliphatic carbocycles. The Hall–Kier alpha value is -2.04. The molecule has 0 N–H and O–H groups in total. The molecule has 0 amide bonds. The van der Waals surface area contributed by atoms with E-state index in [2.05, 4.69) is 0 Å². The second-order valence-electron chi connectivity index (χ2n) is 5.03. The van der Waals surface area contributed by atoms with E-state index in [-0.39, 0.29) is 21.9 Å². The monoisotopic (exact) mass is 366 g/mol. The summed E-state index contributed by atoms with van der Waals surface area (Å²) in [6.45, 7) is 2.35. The molecular weight excluding hydrogens is 351 g/mol. The fourth-order valence-electron chi connectivity index (χ4n) is 1.88. The van der Waals surface area contributed by atoms with Crippen molar-refractivity contribution >= 4 is 35.1 Å². The molecule has 0 aliphatic heterocycles. The molecule has 4 nitrogen and oxygen atoms in total. The maximum absolute atomic E-state index is 12.2. The van der Waals surface area contributed by atoms with Crippen LogP contribution in [0.4, 0.5) is 0 Å². The van der Waals surface area contributed by atoms with Gasteiger partial charge in [0, 0.05) is 11.1 Å². The Labute approximate surface area is 150 Å². The third-order valence-corrected chi connectivity index (χ3v) is 3.71. The zero-order chi connectivity index (χ0) is 17.5. The van der Waals surface area contributed by atoms with E-state index in [1.54, 1.807) is 24.3 Å². The summed E-state index contributed by atoms with van der Waals surface area (Å²) in [5.41, 5.74) is 0.508. The molecule has 2 aromatic rings. The molecule has 2 aromatic carbocycles. The van der Waals surface area contributed by atoms with Gasteiger partial charge in [-0.05, 0) is 36.8 Å². The maximum Gasteiger partial charge on any atom is 0.343 e. The predicted octanol–water partition coefficient (Wildman–Crippen LogP) is 5.17. The van der Waals surface area contributed by atoms with Gasteiger partial charge in [0.25, 0.3) is 0 Å². The van der Waals surface area contributed by atoms with Crippen molar-refractivity contribution in [3.05, 3.63) is 63.6 Å². The van der Waals surface area contributed by atoms with Crippen molar-refractivity contribution in [3.8, 4) is 5.75 Å². The highest BCUT2D eigenvalue weighted by atomic mass is 35.5. The number of rotatable bonds is 6. The standard InChI is InChI=1S/C18H16Cl2O4/c1-2-3-9-23-17(21)12-5-4-6-13(10-12)18(22)24-16-11-14(19)7-8-15(16)20/h4-8,10-11H,2-3,9H2,1H3. The summed E-state index contributed by atoms with van der Waals surface area (Å²) >= 11 is 11.8. The van der Waals surface area contributed by atoms with E-state index in [1.165, 1.54) is 18.2 Å². The number of esters is 2. The van der Waals surface area contributed by atoms with Crippen LogP contribution in [0.1, 0.15) is 40.5 Å². The molecule has 24 heavy (non-hydrogen) atoms. The van der Waals surface area contributed by atoms with Gasteiger partial charge in [-0.1, -0.05) is 42.6 Å². The van der Waals surface area contributed by atoms with Gasteiger partial charge in [-0.2, -0.15) is 0 Å². The fourth-order valence-corrected chi connectivity index (χ4v) is 2.20. The molecule has 126 valence electrons. The van der Waals surface area contributed by atoms with Crippen LogP contribution in [0.25, 0.3) is 0 Å². The first-order valence-corrected chi connectivity index (χ1v) is 8.21. The van der Waals surface area contributed by atoms with Crippen molar-refractivity contribution < 1.29 is 19.1 Å². The van der Waals surface area contributed by atoms with Gasteiger partial charge < -0.3 is 9.47 Å². The van der Waals surface area contributed by atoms with Crippen molar-refractivity contribution in [1.29, 1.82) is 0 Å². The first-order valence-electron chi connectivity index (χ1n) is 7.45. The van der Waals surface area contributed by atoms with Crippen molar-refractivity contribution in [1.82, 2.24) is 0 Å². The lowest BCUT2D eigenvalue weighted by Gasteiger charge is -2.08. The van der Waals surface area contributed by atoms with E-state index < -0.39 is 11.9 Å². The van der Waals surface area contributed by atoms with Crippen molar-refractivity contribution in [2.45, 2.75) is 19.8 Å². The van der Waals surface area contributed by atoms with Crippen molar-refractivity contribution in [2.24, 2.45) is 0 Å². The van der Waals surface area contributed by atoms with E-state index in [9.17, 15) is 9.59 Å². The predicted molar refractivity (Wildman–Crippen MR) is 93.1 cm³/mol. The van der Waals surface area contributed by atoms with Gasteiger partial charge in [-0.15, -0.1) is 0 Å². The summed E-state index contributed by atoms with van der Waals surface area (Å²) in [7, 11) is 0. The Balaban J connectivity index is 2.11. The molecule has 0 radical (unpaired) electrons. The molecule has 0 aliphatic rings. The maximum atomic E-state index is 12.2. The minimum atomic E-state index is -0.637. The lowest BCUT2D eigenvalue weighted by Crippen LogP contribution is -2.11. The molecule has 0 fully saturated rings. The molecule has 0 aromatic heterocycles. The van der Waals surface area contributed by atoms with Crippen LogP contribution in [-0.4, -0.2) is 18.5 Å². The molecule has 2 rings (SSSR count). The topological polar surface area (TPSA) is 52.6 Å². The molecule has 0 saturated heterocycles. The summed E-state index contributed by atoms with van der Waals surface area (Å²) in [6, 6.07) is 10.7. The number of halogens is 2. The fraction of sp³-hybridized carbons (Fsp3) is 0.222. The van der Waals surface area contributed by atoms with Gasteiger partial charge >= 0.3 is 11.9 Å². The van der Waals surface area contributed by atoms with Gasteiger partial charge in [0.2, 0.25) is 0 Å². The Morgan fingerprint density at radius 1 is 1.00 bits per heavy atom. The second kappa shape index (κ2) is 8.71. The van der Waals surface area contributed by atoms with E-state index in [0.717, 1.165) is 12.8 Å². The smallest absolute Gasteiger partial charge is 0.343 e. The number of hydrogen-bond acceptors (Lipinski definition) is 4. The van der Waals surface area contributed by atoms with Crippen LogP contribution in [0, 0.1) is 0 Å². The van der Waals surface area contributed by atoms with E-state index in [4.69, 9.17) is 32.7 Å². The summed E-state index contributed by atoms with van der Waals surface area (Å²) in [4.78, 5) is 24.2. The van der Waals surface area contributed by atoms with Crippen LogP contribution in [-0.2, 0) is 4.74 Å². The molecule has 0 spiro atoms. The molecule has 0 heterocycles. The van der Waals surface area contributed by atoms with Crippen LogP contribution < -0.4 is 4.74 Å². The van der Waals surface area contributed by atoms with Gasteiger partial charge in [-0.3, -0.25) is 0 Å². The van der Waals surface area contributed by atoms with Crippen LogP contribution >= 0.6 is 23.2 Å². The highest BCUT2D eigenvalue weighted by molar-refractivity contribution is 6.34. The summed E-state index contributed by atoms with van der Waals surface area (Å²) in [6.07, 6.45) is 1.72. The minimum Gasteiger partial charge on any atom is -0.462 e. The van der Waals surface area contributed by atoms with Crippen LogP contribution in [0.5, 0.6) is 5.75 Å². The Kier molecular flexibility index (Phi) is 6.64. The largest absolute Gasteiger partial charge is 0.462 e. The molecular formula is C18H16Cl2O4. The van der Waals surface area contributed by atoms with Crippen LogP contribution in [0.3, 0.4) is 0 Å². The zero-order valence-electron chi connectivity index (χ0n) is 13.1. The van der Waals surface area contributed by atoms with Gasteiger partial charge in [-0.25, -0.2) is 9.59 Å². The first-order chi connectivity index (χ1) is 11.5. The molecule has 0 atom stereocenters. The summed E-state index contributed by atoms with van der Waals surface area (Å²) in [5.74, 6) is -0.952. The lowest BCUT2D eigenvalue weighted by molar-refractivity contribution is 0.0499. The SMILES string of the molecule is CCCCOC(=O)c1cccc(C(=O)Oc2cc(Cl)ccc2Cl)c1. The van der Waals surface area contributed by atoms with Crippen LogP contribution in [0.2, 0.25) is 10.0 Å². The normalized spacial score (nSPS) is 10.3. The highest BCUT2D eigenvalue weighted by Gasteiger charge is 2.15. The first kappa shape index (κ1) is 18.3. The Morgan fingerprint density at radius 2 is 1.71 bits per heavy atom. The second-order valence-corrected chi connectivity index (χ2v) is 5.88. The number of ether oxygens (including phenoxy) is 2. The third-order valence-electron chi connectivity index (χ3n) is 3.16. The number of benzene rings is 2. The number of hydrogen-bond donors (Lipinski definition) is 0. The van der Waals surface area contributed by atoms with E-state index in [0.29, 0.717) is 11.6 Å². The Bertz CT molecular complexity index is 744. The molecule has 0 unspecified atom stereocenters.